The second-order valence-electron chi connectivity index (χ2n) is 8.01. The monoisotopic (exact) mass is 446 g/mol. The van der Waals surface area contributed by atoms with E-state index >= 15 is 0 Å². The van der Waals surface area contributed by atoms with Gasteiger partial charge in [0.15, 0.2) is 10.9 Å². The Bertz CT molecular complexity index is 891. The molecule has 168 valence electrons. The quantitative estimate of drug-likeness (QED) is 0.625. The summed E-state index contributed by atoms with van der Waals surface area (Å²) in [5.41, 5.74) is 0. The van der Waals surface area contributed by atoms with Crippen molar-refractivity contribution in [2.45, 2.75) is 37.4 Å². The molecule has 2 saturated heterocycles. The SMILES string of the molecule is CCn1c(SC)nnc1C1CCCN(CC(=O)N2CCN(C(=O)c3ccco3)CC2)C1. The molecule has 10 heteroatoms. The molecule has 0 saturated carbocycles. The van der Waals surface area contributed by atoms with Crippen molar-refractivity contribution >= 4 is 23.6 Å². The molecule has 4 heterocycles. The number of carbonyl (C=O) groups is 2. The molecule has 1 atom stereocenters. The number of nitrogens with zero attached hydrogens (tertiary/aromatic N) is 6. The van der Waals surface area contributed by atoms with Crippen LogP contribution < -0.4 is 0 Å². The molecule has 0 spiro atoms. The highest BCUT2D eigenvalue weighted by molar-refractivity contribution is 7.98. The third-order valence-electron chi connectivity index (χ3n) is 6.13. The maximum Gasteiger partial charge on any atom is 0.289 e. The number of piperidine rings is 1. The van der Waals surface area contributed by atoms with Crippen molar-refractivity contribution in [3.8, 4) is 0 Å². The summed E-state index contributed by atoms with van der Waals surface area (Å²) in [7, 11) is 0. The first kappa shape index (κ1) is 21.9. The fourth-order valence-electron chi connectivity index (χ4n) is 4.47. The van der Waals surface area contributed by atoms with E-state index in [2.05, 4.69) is 26.6 Å². The van der Waals surface area contributed by atoms with Crippen molar-refractivity contribution in [2.75, 3.05) is 52.1 Å². The minimum atomic E-state index is -0.111. The van der Waals surface area contributed by atoms with Gasteiger partial charge in [-0.05, 0) is 44.7 Å². The summed E-state index contributed by atoms with van der Waals surface area (Å²) in [6.07, 6.45) is 5.65. The first-order valence-corrected chi connectivity index (χ1v) is 12.1. The number of hydrogen-bond acceptors (Lipinski definition) is 7. The average molecular weight is 447 g/mol. The average Bonchev–Trinajstić information content (AvgIpc) is 3.48. The molecular formula is C21H30N6O3S. The second-order valence-corrected chi connectivity index (χ2v) is 8.79. The standard InChI is InChI=1S/C21H30N6O3S/c1-3-27-19(22-23-21(27)31-2)16-6-4-8-24(14-16)15-18(28)25-9-11-26(12-10-25)20(29)17-7-5-13-30-17/h5,7,13,16H,3-4,6,8-12,14-15H2,1-2H3. The number of furan rings is 1. The van der Waals surface area contributed by atoms with Gasteiger partial charge < -0.3 is 18.8 Å². The Labute approximate surface area is 186 Å². The molecule has 2 amide bonds. The summed E-state index contributed by atoms with van der Waals surface area (Å²) in [6.45, 7) is 7.33. The van der Waals surface area contributed by atoms with Crippen LogP contribution in [0.1, 0.15) is 42.1 Å². The van der Waals surface area contributed by atoms with Crippen molar-refractivity contribution in [1.82, 2.24) is 29.5 Å². The summed E-state index contributed by atoms with van der Waals surface area (Å²) in [4.78, 5) is 31.2. The zero-order valence-electron chi connectivity index (χ0n) is 18.2. The van der Waals surface area contributed by atoms with E-state index in [1.54, 1.807) is 28.8 Å². The van der Waals surface area contributed by atoms with Crippen LogP contribution in [-0.2, 0) is 11.3 Å². The molecule has 9 nitrogen and oxygen atoms in total. The van der Waals surface area contributed by atoms with Gasteiger partial charge >= 0.3 is 0 Å². The van der Waals surface area contributed by atoms with Gasteiger partial charge in [-0.1, -0.05) is 11.8 Å². The number of carbonyl (C=O) groups excluding carboxylic acids is 2. The molecular weight excluding hydrogens is 416 g/mol. The highest BCUT2D eigenvalue weighted by Crippen LogP contribution is 2.28. The van der Waals surface area contributed by atoms with E-state index in [0.29, 0.717) is 44.4 Å². The molecule has 0 aromatic carbocycles. The van der Waals surface area contributed by atoms with E-state index in [0.717, 1.165) is 43.5 Å². The first-order chi connectivity index (χ1) is 15.1. The van der Waals surface area contributed by atoms with Gasteiger partial charge in [-0.25, -0.2) is 0 Å². The molecule has 31 heavy (non-hydrogen) atoms. The van der Waals surface area contributed by atoms with Gasteiger partial charge in [0.2, 0.25) is 5.91 Å². The number of piperazine rings is 1. The van der Waals surface area contributed by atoms with Crippen LogP contribution in [0.15, 0.2) is 28.0 Å². The van der Waals surface area contributed by atoms with Crippen LogP contribution in [-0.4, -0.2) is 93.3 Å². The molecule has 0 bridgehead atoms. The molecule has 2 aromatic rings. The topological polar surface area (TPSA) is 87.7 Å². The van der Waals surface area contributed by atoms with Crippen molar-refractivity contribution in [1.29, 1.82) is 0 Å². The molecule has 2 fully saturated rings. The van der Waals surface area contributed by atoms with Crippen LogP contribution in [0.5, 0.6) is 0 Å². The Morgan fingerprint density at radius 3 is 2.61 bits per heavy atom. The van der Waals surface area contributed by atoms with Crippen LogP contribution >= 0.6 is 11.8 Å². The van der Waals surface area contributed by atoms with Gasteiger partial charge in [0.1, 0.15) is 5.82 Å². The van der Waals surface area contributed by atoms with Crippen LogP contribution in [0.4, 0.5) is 0 Å². The Hall–Kier alpha value is -2.33. The second kappa shape index (κ2) is 9.86. The van der Waals surface area contributed by atoms with Crippen molar-refractivity contribution < 1.29 is 14.0 Å². The third-order valence-corrected chi connectivity index (χ3v) is 6.79. The van der Waals surface area contributed by atoms with Gasteiger partial charge in [-0.3, -0.25) is 14.5 Å². The van der Waals surface area contributed by atoms with Gasteiger partial charge in [0.05, 0.1) is 12.8 Å². The molecule has 0 N–H and O–H groups in total. The lowest BCUT2D eigenvalue weighted by Crippen LogP contribution is -2.53. The van der Waals surface area contributed by atoms with Crippen molar-refractivity contribution in [3.63, 3.8) is 0 Å². The smallest absolute Gasteiger partial charge is 0.289 e. The normalized spacial score (nSPS) is 20.3. The van der Waals surface area contributed by atoms with Crippen LogP contribution in [0.25, 0.3) is 0 Å². The predicted octanol–water partition coefficient (Wildman–Crippen LogP) is 1.78. The molecule has 0 radical (unpaired) electrons. The molecule has 0 aliphatic carbocycles. The maximum atomic E-state index is 12.9. The molecule has 2 aliphatic heterocycles. The number of thioether (sulfide) groups is 1. The summed E-state index contributed by atoms with van der Waals surface area (Å²) in [5.74, 6) is 1.71. The highest BCUT2D eigenvalue weighted by Gasteiger charge is 2.30. The summed E-state index contributed by atoms with van der Waals surface area (Å²) < 4.78 is 7.39. The fraction of sp³-hybridized carbons (Fsp3) is 0.619. The van der Waals surface area contributed by atoms with Crippen LogP contribution in [0.3, 0.4) is 0 Å². The minimum Gasteiger partial charge on any atom is -0.459 e. The predicted molar refractivity (Wildman–Crippen MR) is 117 cm³/mol. The number of rotatable bonds is 6. The third kappa shape index (κ3) is 4.79. The van der Waals surface area contributed by atoms with E-state index in [1.807, 2.05) is 11.2 Å². The van der Waals surface area contributed by atoms with Crippen molar-refractivity contribution in [2.24, 2.45) is 0 Å². The van der Waals surface area contributed by atoms with Gasteiger partial charge in [0, 0.05) is 45.2 Å². The number of hydrogen-bond donors (Lipinski definition) is 0. The van der Waals surface area contributed by atoms with Crippen LogP contribution in [0, 0.1) is 0 Å². The largest absolute Gasteiger partial charge is 0.459 e. The van der Waals surface area contributed by atoms with Gasteiger partial charge in [0.25, 0.3) is 5.91 Å². The molecule has 1 unspecified atom stereocenters. The molecule has 4 rings (SSSR count). The maximum absolute atomic E-state index is 12.9. The number of aromatic nitrogens is 3. The highest BCUT2D eigenvalue weighted by atomic mass is 32.2. The van der Waals surface area contributed by atoms with Gasteiger partial charge in [-0.2, -0.15) is 0 Å². The zero-order valence-corrected chi connectivity index (χ0v) is 19.0. The first-order valence-electron chi connectivity index (χ1n) is 10.9. The van der Waals surface area contributed by atoms with E-state index in [1.165, 1.54) is 6.26 Å². The lowest BCUT2D eigenvalue weighted by atomic mass is 9.97. The fourth-order valence-corrected chi connectivity index (χ4v) is 5.03. The lowest BCUT2D eigenvalue weighted by Gasteiger charge is -2.37. The number of likely N-dealkylation sites (tertiary alicyclic amines) is 1. The summed E-state index contributed by atoms with van der Waals surface area (Å²) in [6, 6.07) is 3.39. The summed E-state index contributed by atoms with van der Waals surface area (Å²) >= 11 is 1.62. The number of amides is 2. The van der Waals surface area contributed by atoms with E-state index in [9.17, 15) is 9.59 Å². The van der Waals surface area contributed by atoms with E-state index < -0.39 is 0 Å². The van der Waals surface area contributed by atoms with E-state index in [4.69, 9.17) is 4.42 Å². The Morgan fingerprint density at radius 2 is 1.94 bits per heavy atom. The Morgan fingerprint density at radius 1 is 1.16 bits per heavy atom. The van der Waals surface area contributed by atoms with Gasteiger partial charge in [-0.15, -0.1) is 10.2 Å². The minimum absolute atomic E-state index is 0.111. The Balaban J connectivity index is 1.30. The lowest BCUT2D eigenvalue weighted by molar-refractivity contribution is -0.134. The molecule has 2 aromatic heterocycles. The van der Waals surface area contributed by atoms with Crippen LogP contribution in [0.2, 0.25) is 0 Å². The Kier molecular flexibility index (Phi) is 6.96. The van der Waals surface area contributed by atoms with Crippen molar-refractivity contribution in [3.05, 3.63) is 30.0 Å². The summed E-state index contributed by atoms with van der Waals surface area (Å²) in [5, 5.41) is 9.73. The molecule has 2 aliphatic rings. The van der Waals surface area contributed by atoms with E-state index in [-0.39, 0.29) is 11.8 Å². The zero-order chi connectivity index (χ0) is 21.8.